The minimum Gasteiger partial charge on any atom is -0.364 e. The van der Waals surface area contributed by atoms with Crippen LogP contribution in [0.2, 0.25) is 0 Å². The second kappa shape index (κ2) is 5.88. The quantitative estimate of drug-likeness (QED) is 0.759. The number of carbonyl (C=O) groups is 2. The molecule has 0 spiro atoms. The van der Waals surface area contributed by atoms with Crippen molar-refractivity contribution in [3.05, 3.63) is 33.5 Å². The Kier molecular flexibility index (Phi) is 3.93. The van der Waals surface area contributed by atoms with Gasteiger partial charge in [-0.3, -0.25) is 14.7 Å². The van der Waals surface area contributed by atoms with Crippen molar-refractivity contribution in [3.8, 4) is 0 Å². The Morgan fingerprint density at radius 2 is 2.27 bits per heavy atom. The molecule has 22 heavy (non-hydrogen) atoms. The van der Waals surface area contributed by atoms with Crippen LogP contribution in [0.4, 0.5) is 0 Å². The van der Waals surface area contributed by atoms with E-state index in [1.807, 2.05) is 12.3 Å². The lowest BCUT2D eigenvalue weighted by molar-refractivity contribution is -0.121. The molecule has 0 unspecified atom stereocenters. The van der Waals surface area contributed by atoms with Crippen LogP contribution in [0.1, 0.15) is 45.6 Å². The van der Waals surface area contributed by atoms with Gasteiger partial charge in [-0.05, 0) is 25.8 Å². The summed E-state index contributed by atoms with van der Waals surface area (Å²) in [6, 6.07) is 1.84. The van der Waals surface area contributed by atoms with Crippen molar-refractivity contribution >= 4 is 23.2 Å². The summed E-state index contributed by atoms with van der Waals surface area (Å²) in [4.78, 5) is 27.2. The molecule has 2 aromatic heterocycles. The monoisotopic (exact) mass is 319 g/mol. The molecule has 2 heterocycles. The highest BCUT2D eigenvalue weighted by Crippen LogP contribution is 2.36. The van der Waals surface area contributed by atoms with Gasteiger partial charge >= 0.3 is 0 Å². The van der Waals surface area contributed by atoms with Crippen LogP contribution in [0.3, 0.4) is 0 Å². The smallest absolute Gasteiger partial charge is 0.266 e. The first-order valence-electron chi connectivity index (χ1n) is 7.06. The molecule has 1 fully saturated rings. The van der Waals surface area contributed by atoms with Crippen molar-refractivity contribution in [3.63, 3.8) is 0 Å². The highest BCUT2D eigenvalue weighted by atomic mass is 32.1. The van der Waals surface area contributed by atoms with E-state index in [2.05, 4.69) is 20.5 Å². The number of primary amides is 1. The van der Waals surface area contributed by atoms with Crippen LogP contribution >= 0.6 is 11.3 Å². The van der Waals surface area contributed by atoms with Gasteiger partial charge in [-0.2, -0.15) is 5.10 Å². The lowest BCUT2D eigenvalue weighted by atomic mass is 9.78. The number of aromatic amines is 1. The minimum absolute atomic E-state index is 0.00592. The van der Waals surface area contributed by atoms with E-state index in [-0.39, 0.29) is 17.9 Å². The number of nitrogens with zero attached hydrogens (tertiary/aromatic N) is 2. The second-order valence-electron chi connectivity index (χ2n) is 5.54. The van der Waals surface area contributed by atoms with Gasteiger partial charge in [0.05, 0.1) is 22.8 Å². The number of aryl methyl sites for hydroxylation is 1. The largest absolute Gasteiger partial charge is 0.364 e. The van der Waals surface area contributed by atoms with Gasteiger partial charge in [0.25, 0.3) is 5.91 Å². The van der Waals surface area contributed by atoms with E-state index < -0.39 is 5.91 Å². The first-order chi connectivity index (χ1) is 10.5. The lowest BCUT2D eigenvalue weighted by Crippen LogP contribution is -2.44. The zero-order valence-electron chi connectivity index (χ0n) is 12.1. The molecule has 0 radical (unpaired) electrons. The maximum Gasteiger partial charge on any atom is 0.266 e. The third-order valence-electron chi connectivity index (χ3n) is 3.79. The number of aromatic nitrogens is 3. The van der Waals surface area contributed by atoms with Crippen LogP contribution < -0.4 is 11.1 Å². The fourth-order valence-electron chi connectivity index (χ4n) is 2.58. The van der Waals surface area contributed by atoms with Crippen molar-refractivity contribution in [1.29, 1.82) is 0 Å². The Morgan fingerprint density at radius 3 is 2.86 bits per heavy atom. The molecule has 0 aromatic carbocycles. The molecule has 8 heteroatoms. The average molecular weight is 319 g/mol. The van der Waals surface area contributed by atoms with Gasteiger partial charge in [-0.15, -0.1) is 11.3 Å². The highest BCUT2D eigenvalue weighted by Gasteiger charge is 2.33. The minimum atomic E-state index is -0.513. The summed E-state index contributed by atoms with van der Waals surface area (Å²) < 4.78 is 0. The van der Waals surface area contributed by atoms with E-state index in [4.69, 9.17) is 5.73 Å². The topological polar surface area (TPSA) is 114 Å². The normalized spacial score (nSPS) is 20.4. The molecule has 7 nitrogen and oxygen atoms in total. The zero-order chi connectivity index (χ0) is 15.7. The molecule has 4 N–H and O–H groups in total. The Labute approximate surface area is 131 Å². The van der Waals surface area contributed by atoms with E-state index >= 15 is 0 Å². The first kappa shape index (κ1) is 14.7. The Balaban J connectivity index is 1.46. The van der Waals surface area contributed by atoms with Gasteiger partial charge in [-0.1, -0.05) is 0 Å². The van der Waals surface area contributed by atoms with Gasteiger partial charge in [0, 0.05) is 17.3 Å². The molecule has 1 aliphatic rings. The predicted molar refractivity (Wildman–Crippen MR) is 81.6 cm³/mol. The number of nitrogens with two attached hydrogens (primary N) is 1. The molecule has 116 valence electrons. The van der Waals surface area contributed by atoms with E-state index in [0.29, 0.717) is 12.1 Å². The van der Waals surface area contributed by atoms with Crippen LogP contribution in [0, 0.1) is 6.92 Å². The Morgan fingerprint density at radius 1 is 1.50 bits per heavy atom. The molecular formula is C14H17N5O2S. The number of hydrogen-bond acceptors (Lipinski definition) is 5. The molecular weight excluding hydrogens is 302 g/mol. The van der Waals surface area contributed by atoms with E-state index in [0.717, 1.165) is 29.2 Å². The summed E-state index contributed by atoms with van der Waals surface area (Å²) in [6.07, 6.45) is 1.97. The van der Waals surface area contributed by atoms with Crippen molar-refractivity contribution in [2.24, 2.45) is 5.73 Å². The number of nitrogens with one attached hydrogen (secondary N) is 2. The van der Waals surface area contributed by atoms with Gasteiger partial charge in [0.15, 0.2) is 0 Å². The average Bonchev–Trinajstić information content (AvgIpc) is 3.02. The first-order valence-corrected chi connectivity index (χ1v) is 7.94. The van der Waals surface area contributed by atoms with Crippen molar-refractivity contribution < 1.29 is 9.59 Å². The number of rotatable bonds is 5. The van der Waals surface area contributed by atoms with Crippen LogP contribution in [0.25, 0.3) is 0 Å². The van der Waals surface area contributed by atoms with Gasteiger partial charge < -0.3 is 11.1 Å². The summed E-state index contributed by atoms with van der Waals surface area (Å²) in [5.74, 6) is -0.258. The Hall–Kier alpha value is -2.22. The maximum absolute atomic E-state index is 11.9. The fourth-order valence-corrected chi connectivity index (χ4v) is 3.19. The predicted octanol–water partition coefficient (Wildman–Crippen LogP) is 0.878. The van der Waals surface area contributed by atoms with Gasteiger partial charge in [0.2, 0.25) is 5.91 Å². The summed E-state index contributed by atoms with van der Waals surface area (Å²) >= 11 is 1.55. The Bertz CT molecular complexity index is 702. The van der Waals surface area contributed by atoms with Crippen LogP contribution in [-0.4, -0.2) is 33.0 Å². The van der Waals surface area contributed by atoms with Crippen LogP contribution in [-0.2, 0) is 11.2 Å². The van der Waals surface area contributed by atoms with E-state index in [1.165, 1.54) is 0 Å². The molecule has 1 aliphatic carbocycles. The fraction of sp³-hybridized carbons (Fsp3) is 0.429. The van der Waals surface area contributed by atoms with Gasteiger partial charge in [-0.25, -0.2) is 4.98 Å². The number of thiazole rings is 1. The molecule has 3 rings (SSSR count). The standard InChI is InChI=1S/C14H17N5O2S/c1-7-16-10(6-22-7)4-13(20)17-9-2-8(3-9)11-5-12(14(15)21)19-18-11/h5-6,8-9H,2-4H2,1H3,(H2,15,21)(H,17,20)(H,18,19)/t8-,9+. The van der Waals surface area contributed by atoms with Gasteiger partial charge in [0.1, 0.15) is 5.69 Å². The molecule has 0 saturated heterocycles. The van der Waals surface area contributed by atoms with Crippen LogP contribution in [0.15, 0.2) is 11.4 Å². The molecule has 0 aliphatic heterocycles. The molecule has 0 bridgehead atoms. The third-order valence-corrected chi connectivity index (χ3v) is 4.62. The number of H-pyrrole nitrogens is 1. The van der Waals surface area contributed by atoms with Crippen LogP contribution in [0.5, 0.6) is 0 Å². The summed E-state index contributed by atoms with van der Waals surface area (Å²) in [5, 5.41) is 12.6. The number of amides is 2. The SMILES string of the molecule is Cc1nc(CC(=O)N[C@H]2C[C@@H](c3cc(C(N)=O)[nH]n3)C2)cs1. The third kappa shape index (κ3) is 3.16. The van der Waals surface area contributed by atoms with Crippen molar-refractivity contribution in [1.82, 2.24) is 20.5 Å². The molecule has 1 saturated carbocycles. The summed E-state index contributed by atoms with van der Waals surface area (Å²) in [7, 11) is 0. The highest BCUT2D eigenvalue weighted by molar-refractivity contribution is 7.09. The lowest BCUT2D eigenvalue weighted by Gasteiger charge is -2.34. The van der Waals surface area contributed by atoms with E-state index in [1.54, 1.807) is 17.4 Å². The second-order valence-corrected chi connectivity index (χ2v) is 6.60. The summed E-state index contributed by atoms with van der Waals surface area (Å²) in [5.41, 5.74) is 7.15. The summed E-state index contributed by atoms with van der Waals surface area (Å²) in [6.45, 7) is 1.92. The molecule has 2 amide bonds. The number of carbonyl (C=O) groups excluding carboxylic acids is 2. The zero-order valence-corrected chi connectivity index (χ0v) is 12.9. The maximum atomic E-state index is 11.9. The number of hydrogen-bond donors (Lipinski definition) is 3. The van der Waals surface area contributed by atoms with Crippen molar-refractivity contribution in [2.45, 2.75) is 38.1 Å². The van der Waals surface area contributed by atoms with E-state index in [9.17, 15) is 9.59 Å². The van der Waals surface area contributed by atoms with Crippen molar-refractivity contribution in [2.75, 3.05) is 0 Å². The molecule has 0 atom stereocenters. The molecule has 2 aromatic rings.